The van der Waals surface area contributed by atoms with Crippen molar-refractivity contribution in [2.75, 3.05) is 24.6 Å². The SMILES string of the molecule is Cc1cc(C(F)(F)F)cc(O)c1-c1ccn2nc(N3CCO[C@H](C)C3)nc2n1. The number of benzene rings is 1. The lowest BCUT2D eigenvalue weighted by Gasteiger charge is -2.29. The van der Waals surface area contributed by atoms with Gasteiger partial charge in [0.15, 0.2) is 0 Å². The van der Waals surface area contributed by atoms with E-state index in [0.717, 1.165) is 6.07 Å². The minimum absolute atomic E-state index is 0.0654. The van der Waals surface area contributed by atoms with E-state index < -0.39 is 17.5 Å². The van der Waals surface area contributed by atoms with Gasteiger partial charge in [-0.2, -0.15) is 18.2 Å². The average Bonchev–Trinajstić information content (AvgIpc) is 3.04. The first-order chi connectivity index (χ1) is 13.2. The highest BCUT2D eigenvalue weighted by atomic mass is 19.4. The molecule has 0 saturated carbocycles. The number of alkyl halides is 3. The van der Waals surface area contributed by atoms with E-state index in [2.05, 4.69) is 15.1 Å². The summed E-state index contributed by atoms with van der Waals surface area (Å²) < 4.78 is 45.8. The molecule has 0 amide bonds. The molecule has 0 bridgehead atoms. The summed E-state index contributed by atoms with van der Waals surface area (Å²) in [5.74, 6) is 0.324. The number of morpholine rings is 1. The van der Waals surface area contributed by atoms with Crippen LogP contribution in [0.5, 0.6) is 5.75 Å². The van der Waals surface area contributed by atoms with Gasteiger partial charge in [0.05, 0.1) is 24.0 Å². The molecule has 1 aliphatic heterocycles. The summed E-state index contributed by atoms with van der Waals surface area (Å²) >= 11 is 0. The van der Waals surface area contributed by atoms with Crippen LogP contribution in [0.3, 0.4) is 0 Å². The number of phenols is 1. The van der Waals surface area contributed by atoms with Gasteiger partial charge in [-0.1, -0.05) is 0 Å². The first kappa shape index (κ1) is 18.5. The number of phenolic OH excluding ortho intramolecular Hbond substituents is 1. The molecule has 0 aliphatic carbocycles. The van der Waals surface area contributed by atoms with Crippen LogP contribution in [0, 0.1) is 6.92 Å². The summed E-state index contributed by atoms with van der Waals surface area (Å²) in [6, 6.07) is 3.28. The molecule has 10 heteroatoms. The number of fused-ring (bicyclic) bond motifs is 1. The Bertz CT molecular complexity index is 1010. The van der Waals surface area contributed by atoms with Crippen LogP contribution in [0.25, 0.3) is 17.0 Å². The zero-order valence-corrected chi connectivity index (χ0v) is 15.2. The molecule has 1 N–H and O–H groups in total. The molecule has 1 fully saturated rings. The van der Waals surface area contributed by atoms with E-state index >= 15 is 0 Å². The fraction of sp³-hybridized carbons (Fsp3) is 0.389. The van der Waals surface area contributed by atoms with E-state index in [9.17, 15) is 18.3 Å². The van der Waals surface area contributed by atoms with Crippen molar-refractivity contribution in [1.29, 1.82) is 0 Å². The minimum Gasteiger partial charge on any atom is -0.507 e. The molecular formula is C18H18F3N5O2. The lowest BCUT2D eigenvalue weighted by atomic mass is 10.0. The second-order valence-electron chi connectivity index (χ2n) is 6.78. The van der Waals surface area contributed by atoms with Gasteiger partial charge in [-0.25, -0.2) is 9.50 Å². The number of hydrogen-bond acceptors (Lipinski definition) is 6. The number of ether oxygens (including phenoxy) is 1. The van der Waals surface area contributed by atoms with E-state index in [1.807, 2.05) is 11.8 Å². The van der Waals surface area contributed by atoms with Gasteiger partial charge >= 0.3 is 6.18 Å². The number of aryl methyl sites for hydroxylation is 1. The van der Waals surface area contributed by atoms with Crippen molar-refractivity contribution >= 4 is 11.7 Å². The summed E-state index contributed by atoms with van der Waals surface area (Å²) in [7, 11) is 0. The highest BCUT2D eigenvalue weighted by Crippen LogP contribution is 2.38. The Morgan fingerprint density at radius 3 is 2.71 bits per heavy atom. The molecule has 28 heavy (non-hydrogen) atoms. The maximum atomic E-state index is 12.9. The molecule has 148 valence electrons. The molecule has 0 spiro atoms. The number of hydrogen-bond donors (Lipinski definition) is 1. The van der Waals surface area contributed by atoms with Crippen molar-refractivity contribution in [2.24, 2.45) is 0 Å². The fourth-order valence-electron chi connectivity index (χ4n) is 3.31. The summed E-state index contributed by atoms with van der Waals surface area (Å²) in [6.45, 7) is 5.36. The molecular weight excluding hydrogens is 375 g/mol. The molecule has 4 rings (SSSR count). The topological polar surface area (TPSA) is 75.8 Å². The van der Waals surface area contributed by atoms with Gasteiger partial charge in [-0.3, -0.25) is 0 Å². The van der Waals surface area contributed by atoms with Crippen molar-refractivity contribution in [2.45, 2.75) is 26.1 Å². The van der Waals surface area contributed by atoms with Crippen LogP contribution in [-0.2, 0) is 10.9 Å². The van der Waals surface area contributed by atoms with Gasteiger partial charge in [0.1, 0.15) is 5.75 Å². The lowest BCUT2D eigenvalue weighted by Crippen LogP contribution is -2.41. The predicted molar refractivity (Wildman–Crippen MR) is 95.2 cm³/mol. The van der Waals surface area contributed by atoms with E-state index in [4.69, 9.17) is 4.74 Å². The number of aromatic nitrogens is 4. The Kier molecular flexibility index (Phi) is 4.37. The number of nitrogens with zero attached hydrogens (tertiary/aromatic N) is 5. The maximum Gasteiger partial charge on any atom is 0.416 e. The van der Waals surface area contributed by atoms with Crippen LogP contribution in [0.15, 0.2) is 24.4 Å². The first-order valence-electron chi connectivity index (χ1n) is 8.73. The van der Waals surface area contributed by atoms with Crippen LogP contribution in [-0.4, -0.2) is 50.5 Å². The summed E-state index contributed by atoms with van der Waals surface area (Å²) in [5, 5.41) is 14.6. The highest BCUT2D eigenvalue weighted by molar-refractivity contribution is 5.72. The smallest absolute Gasteiger partial charge is 0.416 e. The van der Waals surface area contributed by atoms with Gasteiger partial charge in [0.25, 0.3) is 5.78 Å². The van der Waals surface area contributed by atoms with E-state index in [1.54, 1.807) is 12.3 Å². The van der Waals surface area contributed by atoms with Crippen LogP contribution < -0.4 is 4.90 Å². The van der Waals surface area contributed by atoms with Crippen molar-refractivity contribution in [3.8, 4) is 17.0 Å². The molecule has 3 aromatic rings. The number of rotatable bonds is 2. The normalized spacial score (nSPS) is 18.0. The zero-order chi connectivity index (χ0) is 20.1. The Hall–Kier alpha value is -2.88. The molecule has 7 nitrogen and oxygen atoms in total. The fourth-order valence-corrected chi connectivity index (χ4v) is 3.31. The summed E-state index contributed by atoms with van der Waals surface area (Å²) in [6.07, 6.45) is -2.85. The predicted octanol–water partition coefficient (Wildman–Crippen LogP) is 3.05. The molecule has 3 heterocycles. The van der Waals surface area contributed by atoms with Crippen molar-refractivity contribution < 1.29 is 23.0 Å². The Balaban J connectivity index is 1.72. The zero-order valence-electron chi connectivity index (χ0n) is 15.2. The van der Waals surface area contributed by atoms with E-state index in [-0.39, 0.29) is 17.2 Å². The van der Waals surface area contributed by atoms with Gasteiger partial charge in [-0.05, 0) is 37.6 Å². The monoisotopic (exact) mass is 393 g/mol. The van der Waals surface area contributed by atoms with Crippen LogP contribution in [0.1, 0.15) is 18.1 Å². The standard InChI is InChI=1S/C18H18F3N5O2/c1-10-7-12(18(19,20)21)8-14(27)15(10)13-3-4-26-16(22-13)23-17(24-26)25-5-6-28-11(2)9-25/h3-4,7-8,11,27H,5-6,9H2,1-2H3/t11-/m1/s1. The van der Waals surface area contributed by atoms with E-state index in [1.165, 1.54) is 11.4 Å². The Morgan fingerprint density at radius 1 is 1.25 bits per heavy atom. The van der Waals surface area contributed by atoms with Crippen molar-refractivity contribution in [3.63, 3.8) is 0 Å². The third-order valence-electron chi connectivity index (χ3n) is 4.62. The number of anilines is 1. The lowest BCUT2D eigenvalue weighted by molar-refractivity contribution is -0.137. The van der Waals surface area contributed by atoms with Crippen LogP contribution in [0.2, 0.25) is 0 Å². The molecule has 1 saturated heterocycles. The highest BCUT2D eigenvalue weighted by Gasteiger charge is 2.32. The first-order valence-corrected chi connectivity index (χ1v) is 8.73. The molecule has 1 aromatic carbocycles. The molecule has 1 atom stereocenters. The van der Waals surface area contributed by atoms with Gasteiger partial charge in [-0.15, -0.1) is 5.10 Å². The summed E-state index contributed by atoms with van der Waals surface area (Å²) in [4.78, 5) is 10.8. The second-order valence-corrected chi connectivity index (χ2v) is 6.78. The number of aromatic hydroxyl groups is 1. The molecule has 0 radical (unpaired) electrons. The molecule has 1 aliphatic rings. The van der Waals surface area contributed by atoms with E-state index in [0.29, 0.717) is 43.2 Å². The molecule has 0 unspecified atom stereocenters. The van der Waals surface area contributed by atoms with Crippen LogP contribution in [0.4, 0.5) is 19.1 Å². The van der Waals surface area contributed by atoms with Gasteiger partial charge < -0.3 is 14.7 Å². The third kappa shape index (κ3) is 3.35. The van der Waals surface area contributed by atoms with Gasteiger partial charge in [0, 0.05) is 24.8 Å². The largest absolute Gasteiger partial charge is 0.507 e. The number of halogens is 3. The van der Waals surface area contributed by atoms with Crippen LogP contribution >= 0.6 is 0 Å². The second kappa shape index (κ2) is 6.62. The third-order valence-corrected chi connectivity index (χ3v) is 4.62. The van der Waals surface area contributed by atoms with Gasteiger partial charge in [0.2, 0.25) is 5.95 Å². The van der Waals surface area contributed by atoms with Crippen molar-refractivity contribution in [1.82, 2.24) is 19.6 Å². The Labute approximate surface area is 158 Å². The summed E-state index contributed by atoms with van der Waals surface area (Å²) in [5.41, 5.74) is -0.0741. The average molecular weight is 393 g/mol. The maximum absolute atomic E-state index is 12.9. The molecule has 2 aromatic heterocycles. The van der Waals surface area contributed by atoms with Crippen molar-refractivity contribution in [3.05, 3.63) is 35.5 Å². The quantitative estimate of drug-likeness (QED) is 0.721. The minimum atomic E-state index is -4.53. The Morgan fingerprint density at radius 2 is 2.04 bits per heavy atom.